The molecule has 1 aromatic rings. The van der Waals surface area contributed by atoms with E-state index < -0.39 is 0 Å². The average Bonchev–Trinajstić information content (AvgIpc) is 3.32. The van der Waals surface area contributed by atoms with Crippen LogP contribution in [0.15, 0.2) is 42.7 Å². The number of ether oxygens (including phenoxy) is 1. The van der Waals surface area contributed by atoms with Gasteiger partial charge in [-0.15, -0.1) is 0 Å². The Labute approximate surface area is 249 Å². The number of carbonyl (C=O) groups is 1. The van der Waals surface area contributed by atoms with Gasteiger partial charge < -0.3 is 9.84 Å². The number of aliphatic hydroxyl groups excluding tert-OH is 1. The molecule has 41 heavy (non-hydrogen) atoms. The van der Waals surface area contributed by atoms with E-state index in [2.05, 4.69) is 48.1 Å². The minimum absolute atomic E-state index is 0.0247. The van der Waals surface area contributed by atoms with Gasteiger partial charge in [0.05, 0.1) is 0 Å². The first-order valence-corrected chi connectivity index (χ1v) is 16.7. The Hall–Kier alpha value is -1.68. The zero-order valence-electron chi connectivity index (χ0n) is 26.8. The first kappa shape index (κ1) is 29.4. The predicted octanol–water partition coefficient (Wildman–Crippen LogP) is 7.54. The number of hydrogen-bond acceptors (Lipinski definition) is 3. The quantitative estimate of drug-likeness (QED) is 0.229. The molecule has 1 heterocycles. The fourth-order valence-electron chi connectivity index (χ4n) is 12.6. The number of pyridine rings is 1. The summed E-state index contributed by atoms with van der Waals surface area (Å²) in [5.74, 6) is 2.96. The molecule has 4 nitrogen and oxygen atoms in total. The minimum atomic E-state index is -0.116. The molecular formula is C37H56NO3+. The highest BCUT2D eigenvalue weighted by Crippen LogP contribution is 2.77. The van der Waals surface area contributed by atoms with Crippen molar-refractivity contribution in [3.63, 3.8) is 0 Å². The highest BCUT2D eigenvalue weighted by molar-refractivity contribution is 5.68. The van der Waals surface area contributed by atoms with Crippen molar-refractivity contribution in [2.75, 3.05) is 6.61 Å². The Kier molecular flexibility index (Phi) is 7.12. The summed E-state index contributed by atoms with van der Waals surface area (Å²) in [5, 5.41) is 10.8. The van der Waals surface area contributed by atoms with Gasteiger partial charge >= 0.3 is 5.97 Å². The third-order valence-electron chi connectivity index (χ3n) is 14.9. The molecule has 5 saturated carbocycles. The van der Waals surface area contributed by atoms with Crippen LogP contribution in [-0.4, -0.2) is 23.8 Å². The second-order valence-corrected chi connectivity index (χ2v) is 16.6. The summed E-state index contributed by atoms with van der Waals surface area (Å²) < 4.78 is 8.19. The molecule has 6 rings (SSSR count). The first-order chi connectivity index (χ1) is 19.3. The molecule has 0 radical (unpaired) electrons. The largest absolute Gasteiger partial charge is 0.457 e. The van der Waals surface area contributed by atoms with E-state index in [-0.39, 0.29) is 34.9 Å². The normalized spacial score (nSPS) is 46.4. The molecule has 5 aliphatic carbocycles. The summed E-state index contributed by atoms with van der Waals surface area (Å²) in [4.78, 5) is 13.0. The molecule has 1 aromatic heterocycles. The van der Waals surface area contributed by atoms with Crippen molar-refractivity contribution < 1.29 is 19.2 Å². The van der Waals surface area contributed by atoms with E-state index in [4.69, 9.17) is 4.74 Å². The van der Waals surface area contributed by atoms with Gasteiger partial charge in [0.15, 0.2) is 12.4 Å². The van der Waals surface area contributed by atoms with Crippen LogP contribution in [0, 0.1) is 56.7 Å². The van der Waals surface area contributed by atoms with Crippen LogP contribution in [0.5, 0.6) is 0 Å². The number of nitrogens with zero attached hydrogens (tertiary/aromatic N) is 1. The minimum Gasteiger partial charge on any atom is -0.457 e. The zero-order chi connectivity index (χ0) is 29.4. The van der Waals surface area contributed by atoms with Crippen LogP contribution in [-0.2, 0) is 16.1 Å². The fraction of sp³-hybridized carbons (Fsp3) is 0.784. The predicted molar refractivity (Wildman–Crippen MR) is 163 cm³/mol. The standard InChI is InChI=1S/C37H56NO3/c1-25(2)26-13-18-37(24-39)20-19-35(6)27(32(26)37)11-12-29-34(5)16-15-30(33(3,4)28(34)14-17-36(29,35)7)41-31(40)23-38-21-9-8-10-22-38/h8-10,21-22,26-30,32,39H,1,11-20,23-24H2,2-7H3/q+1/t26-,27?,28?,29?,30-,32?,34-,35+,36+,37+/m0/s1. The van der Waals surface area contributed by atoms with Gasteiger partial charge in [0.25, 0.3) is 0 Å². The van der Waals surface area contributed by atoms with E-state index in [1.807, 2.05) is 35.2 Å². The molecule has 4 heteroatoms. The average molecular weight is 563 g/mol. The Morgan fingerprint density at radius 2 is 1.61 bits per heavy atom. The van der Waals surface area contributed by atoms with Crippen LogP contribution in [0.2, 0.25) is 0 Å². The molecule has 1 N–H and O–H groups in total. The summed E-state index contributed by atoms with van der Waals surface area (Å²) in [6, 6.07) is 5.89. The van der Waals surface area contributed by atoms with Crippen LogP contribution in [0.1, 0.15) is 106 Å². The van der Waals surface area contributed by atoms with Crippen molar-refractivity contribution in [1.82, 2.24) is 0 Å². The van der Waals surface area contributed by atoms with Crippen molar-refractivity contribution >= 4 is 5.97 Å². The Morgan fingerprint density at radius 1 is 0.878 bits per heavy atom. The monoisotopic (exact) mass is 562 g/mol. The smallest absolute Gasteiger partial charge is 0.372 e. The number of hydrogen-bond donors (Lipinski definition) is 1. The topological polar surface area (TPSA) is 50.4 Å². The first-order valence-electron chi connectivity index (χ1n) is 16.7. The van der Waals surface area contributed by atoms with Crippen LogP contribution in [0.25, 0.3) is 0 Å². The Morgan fingerprint density at radius 3 is 2.29 bits per heavy atom. The van der Waals surface area contributed by atoms with Gasteiger partial charge in [0.1, 0.15) is 6.10 Å². The lowest BCUT2D eigenvalue weighted by molar-refractivity contribution is -0.686. The molecule has 0 bridgehead atoms. The van der Waals surface area contributed by atoms with Gasteiger partial charge in [-0.05, 0) is 122 Å². The van der Waals surface area contributed by atoms with E-state index in [9.17, 15) is 9.90 Å². The van der Waals surface area contributed by atoms with Gasteiger partial charge in [0, 0.05) is 24.2 Å². The molecule has 4 unspecified atom stereocenters. The third-order valence-corrected chi connectivity index (χ3v) is 14.9. The summed E-state index contributed by atoms with van der Waals surface area (Å²) in [7, 11) is 0. The van der Waals surface area contributed by atoms with E-state index in [1.54, 1.807) is 0 Å². The number of carbonyl (C=O) groups excluding carboxylic acids is 1. The number of fused-ring (bicyclic) bond motifs is 7. The number of esters is 1. The number of rotatable bonds is 5. The van der Waals surface area contributed by atoms with Crippen LogP contribution < -0.4 is 4.57 Å². The highest BCUT2D eigenvalue weighted by Gasteiger charge is 2.71. The van der Waals surface area contributed by atoms with Gasteiger partial charge in [-0.1, -0.05) is 52.8 Å². The lowest BCUT2D eigenvalue weighted by atomic mass is 9.32. The van der Waals surface area contributed by atoms with Gasteiger partial charge in [-0.25, -0.2) is 4.79 Å². The lowest BCUT2D eigenvalue weighted by Gasteiger charge is -2.73. The molecule has 0 aromatic carbocycles. The fourth-order valence-corrected chi connectivity index (χ4v) is 12.6. The van der Waals surface area contributed by atoms with Crippen molar-refractivity contribution in [3.05, 3.63) is 42.7 Å². The highest BCUT2D eigenvalue weighted by atomic mass is 16.5. The van der Waals surface area contributed by atoms with Crippen LogP contribution >= 0.6 is 0 Å². The van der Waals surface area contributed by atoms with Gasteiger partial charge in [-0.2, -0.15) is 4.57 Å². The molecule has 0 aliphatic heterocycles. The summed E-state index contributed by atoms with van der Waals surface area (Å²) >= 11 is 0. The number of aromatic nitrogens is 1. The molecule has 0 saturated heterocycles. The van der Waals surface area contributed by atoms with Crippen LogP contribution in [0.3, 0.4) is 0 Å². The van der Waals surface area contributed by atoms with Crippen molar-refractivity contribution in [2.24, 2.45) is 56.7 Å². The SMILES string of the molecule is C=C(C)[C@@H]1CC[C@]2(CO)CC[C@]3(C)C(CCC4[C@@]5(C)CC[C@H](OC(=O)C[n+]6ccccc6)C(C)(C)C5CC[C@]43C)C12. The van der Waals surface area contributed by atoms with Crippen LogP contribution in [0.4, 0.5) is 0 Å². The molecular weight excluding hydrogens is 506 g/mol. The second-order valence-electron chi connectivity index (χ2n) is 16.6. The Bertz CT molecular complexity index is 1180. The van der Waals surface area contributed by atoms with E-state index >= 15 is 0 Å². The molecule has 10 atom stereocenters. The summed E-state index contributed by atoms with van der Waals surface area (Å²) in [6.07, 6.45) is 15.9. The molecule has 0 spiro atoms. The molecule has 226 valence electrons. The summed E-state index contributed by atoms with van der Waals surface area (Å²) in [5.41, 5.74) is 2.27. The van der Waals surface area contributed by atoms with E-state index in [0.29, 0.717) is 47.0 Å². The second kappa shape index (κ2) is 9.93. The van der Waals surface area contributed by atoms with Crippen molar-refractivity contribution in [2.45, 2.75) is 118 Å². The maximum Gasteiger partial charge on any atom is 0.372 e. The maximum atomic E-state index is 13.0. The maximum absolute atomic E-state index is 13.0. The number of allylic oxidation sites excluding steroid dienone is 1. The third kappa shape index (κ3) is 4.15. The summed E-state index contributed by atoms with van der Waals surface area (Å²) in [6.45, 7) is 20.1. The van der Waals surface area contributed by atoms with Crippen molar-refractivity contribution in [3.8, 4) is 0 Å². The van der Waals surface area contributed by atoms with Gasteiger partial charge in [-0.3, -0.25) is 0 Å². The lowest BCUT2D eigenvalue weighted by Crippen LogP contribution is -2.67. The number of aliphatic hydroxyl groups is 1. The van der Waals surface area contributed by atoms with Gasteiger partial charge in [0.2, 0.25) is 6.54 Å². The van der Waals surface area contributed by atoms with Crippen molar-refractivity contribution in [1.29, 1.82) is 0 Å². The molecule has 0 amide bonds. The molecule has 5 aliphatic rings. The zero-order valence-corrected chi connectivity index (χ0v) is 26.8. The Balaban J connectivity index is 1.25. The molecule has 5 fully saturated rings. The van der Waals surface area contributed by atoms with E-state index in [1.165, 1.54) is 56.9 Å². The van der Waals surface area contributed by atoms with E-state index in [0.717, 1.165) is 12.8 Å².